The van der Waals surface area contributed by atoms with E-state index in [4.69, 9.17) is 4.42 Å². The largest absolute Gasteiger partial charge is 0.508 e. The number of hydrogen-bond acceptors (Lipinski definition) is 3. The number of hydrogen-bond donors (Lipinski definition) is 1. The van der Waals surface area contributed by atoms with Crippen LogP contribution in [-0.4, -0.2) is 5.11 Å². The SMILES string of the molecule is CCC(=Cc1c(C)c2ccc(O)cc2oc1=O)CC. The average molecular weight is 258 g/mol. The molecule has 1 heterocycles. The van der Waals surface area contributed by atoms with Gasteiger partial charge in [-0.25, -0.2) is 4.79 Å². The molecule has 0 fully saturated rings. The van der Waals surface area contributed by atoms with Crippen molar-refractivity contribution in [2.24, 2.45) is 0 Å². The van der Waals surface area contributed by atoms with E-state index in [1.165, 1.54) is 11.6 Å². The van der Waals surface area contributed by atoms with Crippen LogP contribution in [0.3, 0.4) is 0 Å². The van der Waals surface area contributed by atoms with E-state index in [2.05, 4.69) is 13.8 Å². The molecule has 0 spiro atoms. The van der Waals surface area contributed by atoms with Gasteiger partial charge >= 0.3 is 5.63 Å². The topological polar surface area (TPSA) is 50.4 Å². The summed E-state index contributed by atoms with van der Waals surface area (Å²) in [4.78, 5) is 12.0. The van der Waals surface area contributed by atoms with Crippen LogP contribution < -0.4 is 5.63 Å². The van der Waals surface area contributed by atoms with Crippen molar-refractivity contribution in [1.29, 1.82) is 0 Å². The molecule has 0 radical (unpaired) electrons. The minimum absolute atomic E-state index is 0.0983. The highest BCUT2D eigenvalue weighted by Crippen LogP contribution is 2.24. The van der Waals surface area contributed by atoms with Crippen LogP contribution in [0.1, 0.15) is 37.8 Å². The van der Waals surface area contributed by atoms with E-state index < -0.39 is 0 Å². The summed E-state index contributed by atoms with van der Waals surface area (Å²) in [6.07, 6.45) is 3.76. The third kappa shape index (κ3) is 2.55. The molecule has 0 aliphatic heterocycles. The molecule has 19 heavy (non-hydrogen) atoms. The fraction of sp³-hybridized carbons (Fsp3) is 0.312. The average Bonchev–Trinajstić information content (AvgIpc) is 2.38. The number of phenolic OH excluding ortho intramolecular Hbond substituents is 1. The molecule has 1 aromatic heterocycles. The number of phenols is 1. The minimum Gasteiger partial charge on any atom is -0.508 e. The van der Waals surface area contributed by atoms with Crippen molar-refractivity contribution in [2.45, 2.75) is 33.6 Å². The number of allylic oxidation sites excluding steroid dienone is 1. The van der Waals surface area contributed by atoms with E-state index in [-0.39, 0.29) is 11.4 Å². The Hall–Kier alpha value is -2.03. The number of aryl methyl sites for hydroxylation is 1. The van der Waals surface area contributed by atoms with Crippen LogP contribution in [0, 0.1) is 6.92 Å². The van der Waals surface area contributed by atoms with Gasteiger partial charge in [0.2, 0.25) is 0 Å². The Morgan fingerprint density at radius 2 is 2.00 bits per heavy atom. The van der Waals surface area contributed by atoms with Crippen LogP contribution in [0.4, 0.5) is 0 Å². The number of fused-ring (bicyclic) bond motifs is 1. The molecule has 3 heteroatoms. The number of benzene rings is 1. The van der Waals surface area contributed by atoms with E-state index >= 15 is 0 Å². The Kier molecular flexibility index (Phi) is 3.74. The Balaban J connectivity index is 2.73. The monoisotopic (exact) mass is 258 g/mol. The molecular weight excluding hydrogens is 240 g/mol. The van der Waals surface area contributed by atoms with E-state index in [1.807, 2.05) is 13.0 Å². The maximum Gasteiger partial charge on any atom is 0.343 e. The summed E-state index contributed by atoms with van der Waals surface area (Å²) in [7, 11) is 0. The summed E-state index contributed by atoms with van der Waals surface area (Å²) in [5, 5.41) is 10.3. The van der Waals surface area contributed by atoms with Gasteiger partial charge in [0.15, 0.2) is 0 Å². The summed E-state index contributed by atoms with van der Waals surface area (Å²) in [6.45, 7) is 6.06. The van der Waals surface area contributed by atoms with E-state index in [9.17, 15) is 9.90 Å². The summed E-state index contributed by atoms with van der Waals surface area (Å²) in [5.74, 6) is 0.0983. The third-order valence-corrected chi connectivity index (χ3v) is 3.45. The standard InChI is InChI=1S/C16H18O3/c1-4-11(5-2)8-14-10(3)13-7-6-12(17)9-15(13)19-16(14)18/h6-9,17H,4-5H2,1-3H3. The first-order valence-electron chi connectivity index (χ1n) is 6.52. The van der Waals surface area contributed by atoms with Gasteiger partial charge in [-0.05, 0) is 43.5 Å². The molecule has 1 N–H and O–H groups in total. The van der Waals surface area contributed by atoms with E-state index in [0.29, 0.717) is 11.1 Å². The molecule has 0 aliphatic carbocycles. The van der Waals surface area contributed by atoms with Crippen LogP contribution in [0.2, 0.25) is 0 Å². The lowest BCUT2D eigenvalue weighted by atomic mass is 10.0. The molecule has 0 bridgehead atoms. The second-order valence-corrected chi connectivity index (χ2v) is 4.62. The second kappa shape index (κ2) is 5.31. The Bertz CT molecular complexity index is 687. The van der Waals surface area contributed by atoms with Gasteiger partial charge < -0.3 is 9.52 Å². The second-order valence-electron chi connectivity index (χ2n) is 4.62. The maximum atomic E-state index is 12.0. The lowest BCUT2D eigenvalue weighted by Gasteiger charge is -2.06. The molecule has 1 aromatic carbocycles. The molecule has 0 unspecified atom stereocenters. The van der Waals surface area contributed by atoms with Crippen molar-refractivity contribution in [3.05, 3.63) is 45.3 Å². The molecule has 0 saturated heterocycles. The molecule has 3 nitrogen and oxygen atoms in total. The van der Waals surface area contributed by atoms with Gasteiger partial charge in [-0.1, -0.05) is 19.4 Å². The van der Waals surface area contributed by atoms with Crippen molar-refractivity contribution in [1.82, 2.24) is 0 Å². The van der Waals surface area contributed by atoms with Crippen LogP contribution in [0.15, 0.2) is 33.0 Å². The van der Waals surface area contributed by atoms with Gasteiger partial charge in [0.1, 0.15) is 11.3 Å². The predicted molar refractivity (Wildman–Crippen MR) is 77.4 cm³/mol. The van der Waals surface area contributed by atoms with Gasteiger partial charge in [0, 0.05) is 11.5 Å². The summed E-state index contributed by atoms with van der Waals surface area (Å²) in [6, 6.07) is 4.85. The maximum absolute atomic E-state index is 12.0. The molecule has 0 atom stereocenters. The van der Waals surface area contributed by atoms with Crippen LogP contribution in [0.5, 0.6) is 5.75 Å². The summed E-state index contributed by atoms with van der Waals surface area (Å²) in [5.41, 5.74) is 2.79. The first-order valence-corrected chi connectivity index (χ1v) is 6.52. The Labute approximate surface area is 112 Å². The fourth-order valence-corrected chi connectivity index (χ4v) is 2.18. The van der Waals surface area contributed by atoms with Crippen molar-refractivity contribution in [2.75, 3.05) is 0 Å². The number of aromatic hydroxyl groups is 1. The zero-order valence-corrected chi connectivity index (χ0v) is 11.5. The van der Waals surface area contributed by atoms with Crippen molar-refractivity contribution in [3.8, 4) is 5.75 Å². The molecule has 0 saturated carbocycles. The lowest BCUT2D eigenvalue weighted by Crippen LogP contribution is -2.06. The van der Waals surface area contributed by atoms with Gasteiger partial charge in [0.05, 0.1) is 5.56 Å². The first-order chi connectivity index (χ1) is 9.06. The normalized spacial score (nSPS) is 10.7. The van der Waals surface area contributed by atoms with Crippen LogP contribution >= 0.6 is 0 Å². The molecule has 100 valence electrons. The number of rotatable bonds is 3. The highest BCUT2D eigenvalue weighted by molar-refractivity contribution is 5.84. The molecule has 2 aromatic rings. The zero-order chi connectivity index (χ0) is 14.0. The van der Waals surface area contributed by atoms with Crippen LogP contribution in [0.25, 0.3) is 17.0 Å². The quantitative estimate of drug-likeness (QED) is 0.846. The highest BCUT2D eigenvalue weighted by atomic mass is 16.4. The molecule has 2 rings (SSSR count). The lowest BCUT2D eigenvalue weighted by molar-refractivity contribution is 0.473. The van der Waals surface area contributed by atoms with Gasteiger partial charge in [-0.2, -0.15) is 0 Å². The highest BCUT2D eigenvalue weighted by Gasteiger charge is 2.10. The Morgan fingerprint density at radius 1 is 1.32 bits per heavy atom. The van der Waals surface area contributed by atoms with Crippen LogP contribution in [-0.2, 0) is 0 Å². The van der Waals surface area contributed by atoms with E-state index in [1.54, 1.807) is 12.1 Å². The van der Waals surface area contributed by atoms with Crippen molar-refractivity contribution >= 4 is 17.0 Å². The summed E-state index contributed by atoms with van der Waals surface area (Å²) >= 11 is 0. The van der Waals surface area contributed by atoms with E-state index in [0.717, 1.165) is 23.8 Å². The molecule has 0 aliphatic rings. The zero-order valence-electron chi connectivity index (χ0n) is 11.5. The minimum atomic E-state index is -0.352. The summed E-state index contributed by atoms with van der Waals surface area (Å²) < 4.78 is 5.28. The first kappa shape index (κ1) is 13.4. The smallest absolute Gasteiger partial charge is 0.343 e. The van der Waals surface area contributed by atoms with Crippen molar-refractivity contribution in [3.63, 3.8) is 0 Å². The van der Waals surface area contributed by atoms with Gasteiger partial charge in [-0.15, -0.1) is 0 Å². The van der Waals surface area contributed by atoms with Gasteiger partial charge in [0.25, 0.3) is 0 Å². The fourth-order valence-electron chi connectivity index (χ4n) is 2.18. The Morgan fingerprint density at radius 3 is 2.63 bits per heavy atom. The predicted octanol–water partition coefficient (Wildman–Crippen LogP) is 4.01. The molecular formula is C16H18O3. The third-order valence-electron chi connectivity index (χ3n) is 3.45. The van der Waals surface area contributed by atoms with Gasteiger partial charge in [-0.3, -0.25) is 0 Å². The van der Waals surface area contributed by atoms with Crippen molar-refractivity contribution < 1.29 is 9.52 Å². The molecule has 0 amide bonds.